The van der Waals surface area contributed by atoms with Gasteiger partial charge in [-0.15, -0.1) is 24.2 Å². The maximum Gasteiger partial charge on any atom is 0.261 e. The first-order valence-corrected chi connectivity index (χ1v) is 14.5. The number of halogens is 1. The van der Waals surface area contributed by atoms with Crippen LogP contribution in [-0.2, 0) is 14.6 Å². The molecular formula is C23H28ClN3O4S3. The Morgan fingerprint density at radius 3 is 2.65 bits per heavy atom. The zero-order chi connectivity index (χ0) is 23.4. The molecule has 7 nitrogen and oxygen atoms in total. The number of anilines is 1. The van der Waals surface area contributed by atoms with Gasteiger partial charge in [0.1, 0.15) is 0 Å². The van der Waals surface area contributed by atoms with Crippen LogP contribution in [0.25, 0.3) is 10.2 Å². The van der Waals surface area contributed by atoms with E-state index in [1.165, 1.54) is 17.6 Å². The van der Waals surface area contributed by atoms with Crippen LogP contribution in [0.1, 0.15) is 17.3 Å². The fraction of sp³-hybridized carbons (Fsp3) is 0.391. The Labute approximate surface area is 214 Å². The lowest BCUT2D eigenvalue weighted by molar-refractivity contribution is 0.0391. The minimum Gasteiger partial charge on any atom is -0.379 e. The van der Waals surface area contributed by atoms with E-state index in [0.29, 0.717) is 42.5 Å². The highest BCUT2D eigenvalue weighted by atomic mass is 35.5. The topological polar surface area (TPSA) is 79.8 Å². The molecular weight excluding hydrogens is 514 g/mol. The van der Waals surface area contributed by atoms with Gasteiger partial charge in [0.15, 0.2) is 15.0 Å². The Morgan fingerprint density at radius 1 is 1.21 bits per heavy atom. The van der Waals surface area contributed by atoms with Crippen molar-refractivity contribution in [2.75, 3.05) is 56.3 Å². The Balaban J connectivity index is 0.00000324. The van der Waals surface area contributed by atoms with Gasteiger partial charge >= 0.3 is 0 Å². The number of fused-ring (bicyclic) bond motifs is 1. The molecule has 0 bridgehead atoms. The second-order valence-electron chi connectivity index (χ2n) is 7.74. The van der Waals surface area contributed by atoms with Gasteiger partial charge in [-0.3, -0.25) is 14.6 Å². The highest BCUT2D eigenvalue weighted by Gasteiger charge is 2.25. The summed E-state index contributed by atoms with van der Waals surface area (Å²) in [5.74, 6) is 0.773. The number of nitrogens with zero attached hydrogens (tertiary/aromatic N) is 3. The van der Waals surface area contributed by atoms with Crippen molar-refractivity contribution in [2.24, 2.45) is 0 Å². The van der Waals surface area contributed by atoms with Crippen LogP contribution in [0.3, 0.4) is 0 Å². The van der Waals surface area contributed by atoms with Gasteiger partial charge in [0.25, 0.3) is 5.91 Å². The molecule has 1 fully saturated rings. The van der Waals surface area contributed by atoms with E-state index in [4.69, 9.17) is 9.72 Å². The van der Waals surface area contributed by atoms with Crippen LogP contribution in [0, 0.1) is 0 Å². The summed E-state index contributed by atoms with van der Waals surface area (Å²) in [6.45, 7) is 6.32. The number of morpholine rings is 1. The van der Waals surface area contributed by atoms with E-state index in [1.807, 2.05) is 24.3 Å². The van der Waals surface area contributed by atoms with Crippen LogP contribution in [-0.4, -0.2) is 75.6 Å². The molecule has 1 saturated heterocycles. The van der Waals surface area contributed by atoms with Crippen LogP contribution in [0.4, 0.5) is 5.13 Å². The Morgan fingerprint density at radius 2 is 1.94 bits per heavy atom. The number of carbonyl (C=O) groups is 1. The Bertz CT molecular complexity index is 1240. The summed E-state index contributed by atoms with van der Waals surface area (Å²) in [5.41, 5.74) is 1.34. The number of sulfone groups is 1. The molecule has 2 heterocycles. The molecule has 34 heavy (non-hydrogen) atoms. The lowest BCUT2D eigenvalue weighted by Crippen LogP contribution is -2.43. The van der Waals surface area contributed by atoms with Crippen LogP contribution in [0.15, 0.2) is 52.3 Å². The maximum absolute atomic E-state index is 13.8. The maximum atomic E-state index is 13.8. The minimum absolute atomic E-state index is 0. The van der Waals surface area contributed by atoms with E-state index in [-0.39, 0.29) is 23.2 Å². The first-order valence-electron chi connectivity index (χ1n) is 10.8. The summed E-state index contributed by atoms with van der Waals surface area (Å²) >= 11 is 2.98. The summed E-state index contributed by atoms with van der Waals surface area (Å²) in [5, 5.41) is 0.574. The summed E-state index contributed by atoms with van der Waals surface area (Å²) in [7, 11) is -3.32. The van der Waals surface area contributed by atoms with Crippen molar-refractivity contribution in [3.63, 3.8) is 0 Å². The van der Waals surface area contributed by atoms with E-state index in [1.54, 1.807) is 34.9 Å². The van der Waals surface area contributed by atoms with E-state index >= 15 is 0 Å². The highest BCUT2D eigenvalue weighted by molar-refractivity contribution is 7.99. The number of rotatable bonds is 8. The molecule has 184 valence electrons. The summed E-state index contributed by atoms with van der Waals surface area (Å²) in [4.78, 5) is 23.7. The zero-order valence-electron chi connectivity index (χ0n) is 19.1. The molecule has 0 N–H and O–H groups in total. The lowest BCUT2D eigenvalue weighted by Gasteiger charge is -2.29. The number of benzene rings is 2. The monoisotopic (exact) mass is 541 g/mol. The summed E-state index contributed by atoms with van der Waals surface area (Å²) < 4.78 is 30.2. The normalized spacial score (nSPS) is 14.6. The van der Waals surface area contributed by atoms with Crippen LogP contribution < -0.4 is 4.90 Å². The second kappa shape index (κ2) is 11.8. The van der Waals surface area contributed by atoms with Gasteiger partial charge in [-0.05, 0) is 36.1 Å². The molecule has 0 aliphatic carbocycles. The zero-order valence-corrected chi connectivity index (χ0v) is 22.4. The fourth-order valence-electron chi connectivity index (χ4n) is 3.66. The largest absolute Gasteiger partial charge is 0.379 e. The molecule has 3 aromatic rings. The number of thioether (sulfide) groups is 1. The van der Waals surface area contributed by atoms with Crippen molar-refractivity contribution >= 4 is 66.6 Å². The highest BCUT2D eigenvalue weighted by Crippen LogP contribution is 2.33. The van der Waals surface area contributed by atoms with Gasteiger partial charge < -0.3 is 4.74 Å². The smallest absolute Gasteiger partial charge is 0.261 e. The number of carbonyl (C=O) groups excluding carboxylic acids is 1. The number of aromatic nitrogens is 1. The number of hydrogen-bond acceptors (Lipinski definition) is 8. The molecule has 4 rings (SSSR count). The predicted molar refractivity (Wildman–Crippen MR) is 142 cm³/mol. The van der Waals surface area contributed by atoms with Crippen molar-refractivity contribution in [3.05, 3.63) is 48.0 Å². The SMILES string of the molecule is CCSc1ccccc1C(=O)N(CCN1CCOCC1)c1nc2ccc(S(C)(=O)=O)cc2s1.Cl. The average molecular weight is 542 g/mol. The molecule has 1 aliphatic rings. The average Bonchev–Trinajstić information content (AvgIpc) is 3.23. The van der Waals surface area contributed by atoms with Gasteiger partial charge in [0.2, 0.25) is 0 Å². The van der Waals surface area contributed by atoms with Crippen molar-refractivity contribution in [1.29, 1.82) is 0 Å². The van der Waals surface area contributed by atoms with Crippen molar-refractivity contribution in [1.82, 2.24) is 9.88 Å². The third kappa shape index (κ3) is 6.30. The van der Waals surface area contributed by atoms with Gasteiger partial charge in [-0.2, -0.15) is 0 Å². The first kappa shape index (κ1) is 26.9. The quantitative estimate of drug-likeness (QED) is 0.395. The molecule has 1 aromatic heterocycles. The summed E-state index contributed by atoms with van der Waals surface area (Å²) in [6, 6.07) is 12.6. The molecule has 11 heteroatoms. The van der Waals surface area contributed by atoms with Crippen molar-refractivity contribution < 1.29 is 17.9 Å². The molecule has 0 unspecified atom stereocenters. The van der Waals surface area contributed by atoms with Crippen LogP contribution in [0.5, 0.6) is 0 Å². The Hall–Kier alpha value is -1.69. The molecule has 0 saturated carbocycles. The number of amides is 1. The van der Waals surface area contributed by atoms with Crippen LogP contribution >= 0.6 is 35.5 Å². The standard InChI is InChI=1S/C23H27N3O4S3.ClH/c1-3-31-20-7-5-4-6-18(20)22(27)26(11-10-25-12-14-30-15-13-25)23-24-19-9-8-17(33(2,28)29)16-21(19)32-23;/h4-9,16H,3,10-15H2,1-2H3;1H. The number of thiazole rings is 1. The number of hydrogen-bond donors (Lipinski definition) is 0. The molecule has 2 aromatic carbocycles. The molecule has 0 radical (unpaired) electrons. The van der Waals surface area contributed by atoms with Gasteiger partial charge in [0.05, 0.1) is 33.9 Å². The lowest BCUT2D eigenvalue weighted by atomic mass is 10.2. The third-order valence-corrected chi connectivity index (χ3v) is 8.52. The molecule has 1 aliphatic heterocycles. The van der Waals surface area contributed by atoms with Crippen molar-refractivity contribution in [2.45, 2.75) is 16.7 Å². The molecule has 0 spiro atoms. The molecule has 1 amide bonds. The summed E-state index contributed by atoms with van der Waals surface area (Å²) in [6.07, 6.45) is 1.19. The van der Waals surface area contributed by atoms with Gasteiger partial charge in [0, 0.05) is 37.3 Å². The van der Waals surface area contributed by atoms with Crippen LogP contribution in [0.2, 0.25) is 0 Å². The molecule has 0 atom stereocenters. The first-order chi connectivity index (χ1) is 15.9. The predicted octanol–water partition coefficient (Wildman–Crippen LogP) is 4.21. The van der Waals surface area contributed by atoms with E-state index in [0.717, 1.165) is 28.4 Å². The van der Waals surface area contributed by atoms with Crippen molar-refractivity contribution in [3.8, 4) is 0 Å². The van der Waals surface area contributed by atoms with E-state index < -0.39 is 9.84 Å². The Kier molecular flexibility index (Phi) is 9.36. The van der Waals surface area contributed by atoms with E-state index in [9.17, 15) is 13.2 Å². The van der Waals surface area contributed by atoms with E-state index in [2.05, 4.69) is 11.8 Å². The minimum atomic E-state index is -3.32. The second-order valence-corrected chi connectivity index (χ2v) is 12.1. The van der Waals surface area contributed by atoms with Gasteiger partial charge in [-0.1, -0.05) is 30.4 Å². The van der Waals surface area contributed by atoms with Gasteiger partial charge in [-0.25, -0.2) is 13.4 Å². The fourth-order valence-corrected chi connectivity index (χ4v) is 6.21. The number of ether oxygens (including phenoxy) is 1. The third-order valence-electron chi connectivity index (χ3n) is 5.41.